The van der Waals surface area contributed by atoms with Crippen LogP contribution in [0.2, 0.25) is 0 Å². The first-order valence-electron chi connectivity index (χ1n) is 5.08. The normalized spacial score (nSPS) is 12.1. The summed E-state index contributed by atoms with van der Waals surface area (Å²) in [5.74, 6) is 0.139. The molecule has 0 saturated carbocycles. The van der Waals surface area contributed by atoms with Gasteiger partial charge in [0.1, 0.15) is 6.04 Å². The third-order valence-electron chi connectivity index (χ3n) is 2.25. The molecule has 0 bridgehead atoms. The third kappa shape index (κ3) is 2.85. The summed E-state index contributed by atoms with van der Waals surface area (Å²) in [6.07, 6.45) is 0. The number of nitrogens with one attached hydrogen (secondary N) is 2. The van der Waals surface area contributed by atoms with Crippen LogP contribution in [0.15, 0.2) is 30.3 Å². The fourth-order valence-electron chi connectivity index (χ4n) is 1.35. The Kier molecular flexibility index (Phi) is 3.41. The lowest BCUT2D eigenvalue weighted by Gasteiger charge is -2.11. The van der Waals surface area contributed by atoms with E-state index in [1.54, 1.807) is 12.1 Å². The average molecular weight is 232 g/mol. The number of aromatic nitrogens is 4. The molecule has 0 aliphatic heterocycles. The Balaban J connectivity index is 1.92. The summed E-state index contributed by atoms with van der Waals surface area (Å²) in [7, 11) is 0. The Morgan fingerprint density at radius 1 is 1.41 bits per heavy atom. The van der Waals surface area contributed by atoms with Gasteiger partial charge in [-0.05, 0) is 5.56 Å². The summed E-state index contributed by atoms with van der Waals surface area (Å²) < 4.78 is 0. The maximum atomic E-state index is 11.7. The molecule has 2 aromatic rings. The predicted octanol–water partition coefficient (Wildman–Crippen LogP) is -0.484. The van der Waals surface area contributed by atoms with E-state index in [1.807, 2.05) is 18.2 Å². The van der Waals surface area contributed by atoms with Gasteiger partial charge in [-0.1, -0.05) is 35.5 Å². The molecule has 2 rings (SSSR count). The summed E-state index contributed by atoms with van der Waals surface area (Å²) in [5.41, 5.74) is 6.56. The maximum Gasteiger partial charge on any atom is 0.241 e. The number of carbonyl (C=O) groups excluding carboxylic acids is 1. The second kappa shape index (κ2) is 5.17. The Labute approximate surface area is 97.4 Å². The van der Waals surface area contributed by atoms with E-state index in [9.17, 15) is 4.79 Å². The van der Waals surface area contributed by atoms with Gasteiger partial charge in [-0.25, -0.2) is 0 Å². The first-order chi connectivity index (χ1) is 8.27. The van der Waals surface area contributed by atoms with E-state index in [0.717, 1.165) is 5.56 Å². The van der Waals surface area contributed by atoms with Gasteiger partial charge in [-0.15, -0.1) is 10.2 Å². The SMILES string of the molecule is N[C@@H](C(=O)NCc1nn[nH]n1)c1ccccc1. The fourth-order valence-corrected chi connectivity index (χ4v) is 1.35. The van der Waals surface area contributed by atoms with Crippen LogP contribution in [0.3, 0.4) is 0 Å². The second-order valence-electron chi connectivity index (χ2n) is 3.43. The number of carbonyl (C=O) groups is 1. The van der Waals surface area contributed by atoms with Crippen molar-refractivity contribution in [1.82, 2.24) is 25.9 Å². The zero-order chi connectivity index (χ0) is 12.1. The van der Waals surface area contributed by atoms with Crippen molar-refractivity contribution in [2.24, 2.45) is 5.73 Å². The van der Waals surface area contributed by atoms with Crippen LogP contribution in [0.5, 0.6) is 0 Å². The molecule has 7 heteroatoms. The molecular formula is C10H12N6O. The van der Waals surface area contributed by atoms with Crippen LogP contribution in [-0.4, -0.2) is 26.5 Å². The zero-order valence-electron chi connectivity index (χ0n) is 9.00. The number of H-pyrrole nitrogens is 1. The predicted molar refractivity (Wildman–Crippen MR) is 59.4 cm³/mol. The summed E-state index contributed by atoms with van der Waals surface area (Å²) in [6, 6.07) is 8.46. The lowest BCUT2D eigenvalue weighted by atomic mass is 10.1. The molecule has 7 nitrogen and oxygen atoms in total. The van der Waals surface area contributed by atoms with Crippen molar-refractivity contribution in [2.75, 3.05) is 0 Å². The van der Waals surface area contributed by atoms with Crippen LogP contribution < -0.4 is 11.1 Å². The average Bonchev–Trinajstić information content (AvgIpc) is 2.89. The lowest BCUT2D eigenvalue weighted by molar-refractivity contribution is -0.122. The highest BCUT2D eigenvalue weighted by Crippen LogP contribution is 2.09. The van der Waals surface area contributed by atoms with Gasteiger partial charge in [-0.2, -0.15) is 5.21 Å². The summed E-state index contributed by atoms with van der Waals surface area (Å²) in [4.78, 5) is 11.7. The molecular weight excluding hydrogens is 220 g/mol. The Morgan fingerprint density at radius 2 is 2.18 bits per heavy atom. The van der Waals surface area contributed by atoms with Gasteiger partial charge >= 0.3 is 0 Å². The van der Waals surface area contributed by atoms with Crippen molar-refractivity contribution >= 4 is 5.91 Å². The quantitative estimate of drug-likeness (QED) is 0.659. The summed E-state index contributed by atoms with van der Waals surface area (Å²) >= 11 is 0. The topological polar surface area (TPSA) is 110 Å². The van der Waals surface area contributed by atoms with Gasteiger partial charge < -0.3 is 11.1 Å². The highest BCUT2D eigenvalue weighted by molar-refractivity contribution is 5.82. The highest BCUT2D eigenvalue weighted by atomic mass is 16.2. The molecule has 0 radical (unpaired) electrons. The first kappa shape index (κ1) is 11.2. The number of nitrogens with zero attached hydrogens (tertiary/aromatic N) is 3. The van der Waals surface area contributed by atoms with Crippen molar-refractivity contribution in [3.05, 3.63) is 41.7 Å². The molecule has 1 atom stereocenters. The van der Waals surface area contributed by atoms with Crippen molar-refractivity contribution in [2.45, 2.75) is 12.6 Å². The van der Waals surface area contributed by atoms with Gasteiger partial charge in [0.25, 0.3) is 0 Å². The minimum Gasteiger partial charge on any atom is -0.347 e. The van der Waals surface area contributed by atoms with Gasteiger partial charge in [-0.3, -0.25) is 4.79 Å². The van der Waals surface area contributed by atoms with Gasteiger partial charge in [0, 0.05) is 0 Å². The van der Waals surface area contributed by atoms with E-state index in [4.69, 9.17) is 5.73 Å². The number of aromatic amines is 1. The molecule has 88 valence electrons. The van der Waals surface area contributed by atoms with Crippen molar-refractivity contribution in [3.63, 3.8) is 0 Å². The Morgan fingerprint density at radius 3 is 2.82 bits per heavy atom. The number of benzene rings is 1. The molecule has 4 N–H and O–H groups in total. The third-order valence-corrected chi connectivity index (χ3v) is 2.25. The highest BCUT2D eigenvalue weighted by Gasteiger charge is 2.15. The van der Waals surface area contributed by atoms with E-state index < -0.39 is 6.04 Å². The van der Waals surface area contributed by atoms with Gasteiger partial charge in [0.2, 0.25) is 5.91 Å². The van der Waals surface area contributed by atoms with E-state index >= 15 is 0 Å². The van der Waals surface area contributed by atoms with Crippen molar-refractivity contribution < 1.29 is 4.79 Å². The zero-order valence-corrected chi connectivity index (χ0v) is 9.00. The minimum atomic E-state index is -0.692. The molecule has 1 amide bonds. The molecule has 0 aliphatic rings. The molecule has 0 saturated heterocycles. The number of nitrogens with two attached hydrogens (primary N) is 1. The Hall–Kier alpha value is -2.28. The van der Waals surface area contributed by atoms with Crippen LogP contribution in [0.4, 0.5) is 0 Å². The number of hydrogen-bond donors (Lipinski definition) is 3. The number of tetrazole rings is 1. The number of amides is 1. The van der Waals surface area contributed by atoms with E-state index in [2.05, 4.69) is 25.9 Å². The molecule has 0 fully saturated rings. The fraction of sp³-hybridized carbons (Fsp3) is 0.200. The van der Waals surface area contributed by atoms with Crippen LogP contribution >= 0.6 is 0 Å². The molecule has 0 unspecified atom stereocenters. The van der Waals surface area contributed by atoms with E-state index in [0.29, 0.717) is 5.82 Å². The van der Waals surface area contributed by atoms with Crippen molar-refractivity contribution in [1.29, 1.82) is 0 Å². The Bertz CT molecular complexity index is 469. The molecule has 0 spiro atoms. The van der Waals surface area contributed by atoms with Gasteiger partial charge in [0.15, 0.2) is 5.82 Å². The largest absolute Gasteiger partial charge is 0.347 e. The van der Waals surface area contributed by atoms with E-state index in [-0.39, 0.29) is 12.5 Å². The van der Waals surface area contributed by atoms with Crippen molar-refractivity contribution in [3.8, 4) is 0 Å². The summed E-state index contributed by atoms with van der Waals surface area (Å²) in [5, 5.41) is 15.8. The standard InChI is InChI=1S/C10H12N6O/c11-9(7-4-2-1-3-5-7)10(17)12-6-8-13-15-16-14-8/h1-5,9H,6,11H2,(H,12,17)(H,13,14,15,16)/t9-/m1/s1. The smallest absolute Gasteiger partial charge is 0.241 e. The van der Waals surface area contributed by atoms with Crippen LogP contribution in [0, 0.1) is 0 Å². The second-order valence-corrected chi connectivity index (χ2v) is 3.43. The lowest BCUT2D eigenvalue weighted by Crippen LogP contribution is -2.33. The number of hydrogen-bond acceptors (Lipinski definition) is 5. The first-order valence-corrected chi connectivity index (χ1v) is 5.08. The molecule has 1 aromatic carbocycles. The molecule has 0 aliphatic carbocycles. The molecule has 1 heterocycles. The molecule has 17 heavy (non-hydrogen) atoms. The van der Waals surface area contributed by atoms with Crippen LogP contribution in [-0.2, 0) is 11.3 Å². The maximum absolute atomic E-state index is 11.7. The van der Waals surface area contributed by atoms with Crippen LogP contribution in [0.1, 0.15) is 17.4 Å². The number of rotatable bonds is 4. The monoisotopic (exact) mass is 232 g/mol. The van der Waals surface area contributed by atoms with E-state index in [1.165, 1.54) is 0 Å². The molecule has 1 aromatic heterocycles. The van der Waals surface area contributed by atoms with Crippen LogP contribution in [0.25, 0.3) is 0 Å². The van der Waals surface area contributed by atoms with Gasteiger partial charge in [0.05, 0.1) is 6.54 Å². The minimum absolute atomic E-state index is 0.204. The summed E-state index contributed by atoms with van der Waals surface area (Å²) in [6.45, 7) is 0.204.